The van der Waals surface area contributed by atoms with Gasteiger partial charge < -0.3 is 19.3 Å². The van der Waals surface area contributed by atoms with Gasteiger partial charge in [0.2, 0.25) is 0 Å². The fraction of sp³-hybridized carbons (Fsp3) is 0.758. The molecule has 0 bridgehead atoms. The summed E-state index contributed by atoms with van der Waals surface area (Å²) in [5, 5.41) is 9.11. The minimum absolute atomic E-state index is 0.0381. The maximum Gasteiger partial charge on any atom is 0.309 e. The minimum atomic E-state index is -0.692. The number of esters is 1. The molecule has 1 aromatic rings. The highest BCUT2D eigenvalue weighted by molar-refractivity contribution is 5.76. The molecule has 0 aliphatic heterocycles. The maximum absolute atomic E-state index is 12.9. The quantitative estimate of drug-likeness (QED) is 0.0709. The van der Waals surface area contributed by atoms with E-state index in [2.05, 4.69) is 13.8 Å². The van der Waals surface area contributed by atoms with Crippen molar-refractivity contribution in [3.63, 3.8) is 0 Å². The molecule has 0 spiro atoms. The van der Waals surface area contributed by atoms with Crippen LogP contribution in [0.15, 0.2) is 18.2 Å². The lowest BCUT2D eigenvalue weighted by molar-refractivity contribution is -0.148. The molecule has 1 aromatic carbocycles. The highest BCUT2D eigenvalue weighted by Crippen LogP contribution is 2.35. The van der Waals surface area contributed by atoms with Gasteiger partial charge in [-0.15, -0.1) is 0 Å². The van der Waals surface area contributed by atoms with Gasteiger partial charge in [0, 0.05) is 24.7 Å². The molecule has 1 N–H and O–H groups in total. The first-order valence-electron chi connectivity index (χ1n) is 15.7. The van der Waals surface area contributed by atoms with Crippen molar-refractivity contribution in [3.8, 4) is 11.5 Å². The number of benzene rings is 1. The monoisotopic (exact) mass is 548 g/mol. The number of rotatable bonds is 26. The molecule has 39 heavy (non-hydrogen) atoms. The summed E-state index contributed by atoms with van der Waals surface area (Å²) in [4.78, 5) is 24.6. The van der Waals surface area contributed by atoms with Crippen LogP contribution in [-0.4, -0.2) is 42.8 Å². The highest BCUT2D eigenvalue weighted by Gasteiger charge is 2.35. The Labute approximate surface area is 238 Å². The van der Waals surface area contributed by atoms with E-state index in [0.717, 1.165) is 51.2 Å². The van der Waals surface area contributed by atoms with Gasteiger partial charge in [0.15, 0.2) is 0 Å². The van der Waals surface area contributed by atoms with Crippen LogP contribution in [0.3, 0.4) is 0 Å². The molecule has 1 atom stereocenters. The Kier molecular flexibility index (Phi) is 20.3. The van der Waals surface area contributed by atoms with E-state index >= 15 is 0 Å². The van der Waals surface area contributed by atoms with Crippen molar-refractivity contribution in [2.24, 2.45) is 0 Å². The predicted molar refractivity (Wildman–Crippen MR) is 159 cm³/mol. The predicted octanol–water partition coefficient (Wildman–Crippen LogP) is 8.61. The van der Waals surface area contributed by atoms with Crippen LogP contribution in [0.1, 0.15) is 147 Å². The van der Waals surface area contributed by atoms with Gasteiger partial charge in [-0.3, -0.25) is 9.59 Å². The molecule has 0 fully saturated rings. The first-order valence-corrected chi connectivity index (χ1v) is 15.7. The molecule has 0 aliphatic rings. The van der Waals surface area contributed by atoms with Crippen molar-refractivity contribution in [1.82, 2.24) is 0 Å². The van der Waals surface area contributed by atoms with Crippen LogP contribution in [0, 0.1) is 0 Å². The van der Waals surface area contributed by atoms with Crippen molar-refractivity contribution < 1.29 is 28.9 Å². The lowest BCUT2D eigenvalue weighted by atomic mass is 9.86. The molecule has 0 saturated heterocycles. The van der Waals surface area contributed by atoms with Crippen LogP contribution >= 0.6 is 0 Å². The number of hydrogen-bond acceptors (Lipinski definition) is 6. The fourth-order valence-corrected chi connectivity index (χ4v) is 4.91. The Balaban J connectivity index is 3.13. The number of ether oxygens (including phenoxy) is 3. The van der Waals surface area contributed by atoms with E-state index in [0.29, 0.717) is 36.7 Å². The van der Waals surface area contributed by atoms with E-state index in [1.807, 2.05) is 6.92 Å². The Morgan fingerprint density at radius 3 is 1.85 bits per heavy atom. The van der Waals surface area contributed by atoms with Crippen molar-refractivity contribution in [1.29, 1.82) is 0 Å². The molecular weight excluding hydrogens is 492 g/mol. The molecule has 224 valence electrons. The molecule has 6 nitrogen and oxygen atoms in total. The Morgan fingerprint density at radius 2 is 1.31 bits per heavy atom. The van der Waals surface area contributed by atoms with Crippen molar-refractivity contribution >= 4 is 12.3 Å². The van der Waals surface area contributed by atoms with Gasteiger partial charge in [0.05, 0.1) is 19.6 Å². The number of carbonyl (C=O) groups is 2. The van der Waals surface area contributed by atoms with Crippen LogP contribution in [0.2, 0.25) is 0 Å². The van der Waals surface area contributed by atoms with E-state index in [-0.39, 0.29) is 19.0 Å². The average Bonchev–Trinajstić information content (AvgIpc) is 2.93. The number of aliphatic hydroxyl groups excluding tert-OH is 1. The SMILES string of the molecule is CCCCCCCCCC(CCCCCCCC)(CC(=O)OCCC)Oc1cc(C=O)cc(OCCCO)c1. The second-order valence-electron chi connectivity index (χ2n) is 10.9. The summed E-state index contributed by atoms with van der Waals surface area (Å²) in [6.45, 7) is 7.24. The van der Waals surface area contributed by atoms with Gasteiger partial charge in [0.25, 0.3) is 0 Å². The van der Waals surface area contributed by atoms with Gasteiger partial charge in [-0.2, -0.15) is 0 Å². The van der Waals surface area contributed by atoms with Gasteiger partial charge in [0.1, 0.15) is 23.4 Å². The Bertz CT molecular complexity index is 765. The number of hydrogen-bond donors (Lipinski definition) is 1. The highest BCUT2D eigenvalue weighted by atomic mass is 16.5. The zero-order valence-electron chi connectivity index (χ0n) is 25.1. The van der Waals surface area contributed by atoms with Crippen LogP contribution in [0.5, 0.6) is 11.5 Å². The standard InChI is InChI=1S/C33H56O6/c1-4-7-9-11-13-15-17-20-33(27-32(36)38-22-6-3,19-16-14-12-10-8-5-2)39-31-25-29(28-35)24-30(26-31)37-23-18-21-34/h24-26,28,34H,4-23,27H2,1-3H3. The molecule has 0 aromatic heterocycles. The number of unbranched alkanes of at least 4 members (excludes halogenated alkanes) is 11. The minimum Gasteiger partial charge on any atom is -0.493 e. The number of aldehydes is 1. The van der Waals surface area contributed by atoms with E-state index in [4.69, 9.17) is 19.3 Å². The first-order chi connectivity index (χ1) is 19.0. The van der Waals surface area contributed by atoms with E-state index in [1.54, 1.807) is 18.2 Å². The number of aliphatic hydroxyl groups is 1. The largest absolute Gasteiger partial charge is 0.493 e. The summed E-state index contributed by atoms with van der Waals surface area (Å²) in [6, 6.07) is 5.20. The summed E-state index contributed by atoms with van der Waals surface area (Å²) in [7, 11) is 0. The van der Waals surface area contributed by atoms with Gasteiger partial charge >= 0.3 is 5.97 Å². The van der Waals surface area contributed by atoms with E-state index in [9.17, 15) is 9.59 Å². The third-order valence-corrected chi connectivity index (χ3v) is 7.10. The zero-order valence-corrected chi connectivity index (χ0v) is 25.1. The fourth-order valence-electron chi connectivity index (χ4n) is 4.91. The molecule has 1 unspecified atom stereocenters. The molecule has 6 heteroatoms. The zero-order chi connectivity index (χ0) is 28.6. The second kappa shape index (κ2) is 22.7. The van der Waals surface area contributed by atoms with Gasteiger partial charge in [-0.25, -0.2) is 0 Å². The van der Waals surface area contributed by atoms with E-state index < -0.39 is 5.60 Å². The van der Waals surface area contributed by atoms with Crippen molar-refractivity contribution in [2.75, 3.05) is 19.8 Å². The summed E-state index contributed by atoms with van der Waals surface area (Å²) in [6.07, 6.45) is 19.1. The molecule has 0 radical (unpaired) electrons. The molecular formula is C33H56O6. The number of carbonyl (C=O) groups excluding carboxylic acids is 2. The van der Waals surface area contributed by atoms with Gasteiger partial charge in [-0.05, 0) is 44.2 Å². The van der Waals surface area contributed by atoms with Crippen LogP contribution in [0.25, 0.3) is 0 Å². The second-order valence-corrected chi connectivity index (χ2v) is 10.9. The summed E-state index contributed by atoms with van der Waals surface area (Å²) in [5.74, 6) is 0.841. The molecule has 0 heterocycles. The molecule has 1 rings (SSSR count). The van der Waals surface area contributed by atoms with Crippen LogP contribution in [0.4, 0.5) is 0 Å². The van der Waals surface area contributed by atoms with Gasteiger partial charge in [-0.1, -0.05) is 91.4 Å². The third-order valence-electron chi connectivity index (χ3n) is 7.10. The van der Waals surface area contributed by atoms with Crippen molar-refractivity contribution in [2.45, 2.75) is 142 Å². The Morgan fingerprint density at radius 1 is 0.744 bits per heavy atom. The maximum atomic E-state index is 12.9. The topological polar surface area (TPSA) is 82.1 Å². The average molecular weight is 549 g/mol. The first kappa shape index (κ1) is 34.9. The molecule has 0 aliphatic carbocycles. The van der Waals surface area contributed by atoms with Crippen LogP contribution < -0.4 is 9.47 Å². The van der Waals surface area contributed by atoms with Crippen molar-refractivity contribution in [3.05, 3.63) is 23.8 Å². The smallest absolute Gasteiger partial charge is 0.309 e. The lowest BCUT2D eigenvalue weighted by Gasteiger charge is -2.34. The summed E-state index contributed by atoms with van der Waals surface area (Å²) >= 11 is 0. The Hall–Kier alpha value is -2.08. The summed E-state index contributed by atoms with van der Waals surface area (Å²) in [5.41, 5.74) is -0.229. The summed E-state index contributed by atoms with van der Waals surface area (Å²) < 4.78 is 18.0. The van der Waals surface area contributed by atoms with E-state index in [1.165, 1.54) is 57.8 Å². The molecule has 0 saturated carbocycles. The lowest BCUT2D eigenvalue weighted by Crippen LogP contribution is -2.39. The molecule has 0 amide bonds. The van der Waals surface area contributed by atoms with Crippen LogP contribution in [-0.2, 0) is 9.53 Å². The normalized spacial score (nSPS) is 12.6. The third kappa shape index (κ3) is 16.6.